The van der Waals surface area contributed by atoms with Crippen LogP contribution in [0, 0.1) is 0 Å². The number of H-pyrrole nitrogens is 1. The number of aromatic amines is 1. The van der Waals surface area contributed by atoms with Gasteiger partial charge in [-0.25, -0.2) is 9.97 Å². The van der Waals surface area contributed by atoms with Gasteiger partial charge in [-0.1, -0.05) is 0 Å². The van der Waals surface area contributed by atoms with Crippen LogP contribution in [0.2, 0.25) is 0 Å². The number of nitrogens with one attached hydrogen (secondary N) is 1. The second kappa shape index (κ2) is 12.2. The third-order valence-corrected chi connectivity index (χ3v) is 6.56. The number of piperazine rings is 1. The summed E-state index contributed by atoms with van der Waals surface area (Å²) in [4.78, 5) is 29.2. The zero-order valence-corrected chi connectivity index (χ0v) is 22.2. The molecule has 5 rings (SSSR count). The fourth-order valence-electron chi connectivity index (χ4n) is 4.62. The summed E-state index contributed by atoms with van der Waals surface area (Å²) in [6.45, 7) is 5.97. The number of aliphatic hydroxyl groups is 1. The number of aliphatic hydroxyl groups excluding tert-OH is 1. The van der Waals surface area contributed by atoms with E-state index in [-0.39, 0.29) is 18.6 Å². The molecule has 2 aromatic carbocycles. The lowest BCUT2D eigenvalue weighted by atomic mass is 10.1. The number of carbonyl (C=O) groups excluding carboxylic acids is 1. The summed E-state index contributed by atoms with van der Waals surface area (Å²) in [5.41, 5.74) is 2.87. The zero-order valence-electron chi connectivity index (χ0n) is 22.2. The van der Waals surface area contributed by atoms with Gasteiger partial charge in [-0.2, -0.15) is 0 Å². The Labute approximate surface area is 227 Å². The maximum atomic E-state index is 13.0. The van der Waals surface area contributed by atoms with Crippen molar-refractivity contribution in [1.29, 1.82) is 0 Å². The molecule has 10 nitrogen and oxygen atoms in total. The van der Waals surface area contributed by atoms with Crippen LogP contribution in [0.4, 0.5) is 0 Å². The van der Waals surface area contributed by atoms with Gasteiger partial charge in [0.15, 0.2) is 5.65 Å². The van der Waals surface area contributed by atoms with Crippen molar-refractivity contribution in [3.05, 3.63) is 66.4 Å². The maximum absolute atomic E-state index is 13.0. The van der Waals surface area contributed by atoms with Gasteiger partial charge in [-0.05, 0) is 55.5 Å². The normalized spacial score (nSPS) is 14.9. The van der Waals surface area contributed by atoms with Crippen molar-refractivity contribution in [2.24, 2.45) is 0 Å². The van der Waals surface area contributed by atoms with Crippen molar-refractivity contribution in [2.75, 3.05) is 53.0 Å². The second-order valence-electron chi connectivity index (χ2n) is 9.52. The van der Waals surface area contributed by atoms with Crippen molar-refractivity contribution < 1.29 is 24.1 Å². The number of carbonyl (C=O) groups is 1. The lowest BCUT2D eigenvalue weighted by Gasteiger charge is -2.34. The highest BCUT2D eigenvalue weighted by atomic mass is 16.5. The van der Waals surface area contributed by atoms with Crippen LogP contribution in [0.15, 0.2) is 60.8 Å². The van der Waals surface area contributed by atoms with Crippen LogP contribution in [0.25, 0.3) is 22.6 Å². The minimum absolute atomic E-state index is 0.00601. The van der Waals surface area contributed by atoms with E-state index in [1.165, 1.54) is 0 Å². The number of aromatic nitrogens is 3. The van der Waals surface area contributed by atoms with E-state index < -0.39 is 0 Å². The van der Waals surface area contributed by atoms with Crippen LogP contribution >= 0.6 is 0 Å². The van der Waals surface area contributed by atoms with Gasteiger partial charge in [-0.3, -0.25) is 9.69 Å². The van der Waals surface area contributed by atoms with Crippen LogP contribution in [-0.2, 0) is 4.74 Å². The summed E-state index contributed by atoms with van der Waals surface area (Å²) in [6.07, 6.45) is 1.55. The van der Waals surface area contributed by atoms with Gasteiger partial charge in [0, 0.05) is 63.2 Å². The molecule has 4 aromatic rings. The Hall–Kier alpha value is -3.99. The Bertz CT molecular complexity index is 1370. The van der Waals surface area contributed by atoms with E-state index in [0.29, 0.717) is 60.5 Å². The first kappa shape index (κ1) is 26.6. The fraction of sp³-hybridized carbons (Fsp3) is 0.345. The number of hydrogen-bond acceptors (Lipinski definition) is 8. The number of ether oxygens (including phenoxy) is 3. The number of β-amino-alcohol motifs (C(OH)–C–C–N with tert-alkyl or cyclic N) is 1. The SMILES string of the molecule is COCC(C)Oc1cc(Oc2ccc(C(=O)N3CCN(CCO)CC3)cc2)cc(-c2nc3ncccc3[nH]2)c1. The molecule has 1 atom stereocenters. The predicted molar refractivity (Wildman–Crippen MR) is 147 cm³/mol. The molecule has 204 valence electrons. The van der Waals surface area contributed by atoms with E-state index in [4.69, 9.17) is 19.3 Å². The number of benzene rings is 2. The van der Waals surface area contributed by atoms with Gasteiger partial charge < -0.3 is 29.2 Å². The van der Waals surface area contributed by atoms with Gasteiger partial charge in [-0.15, -0.1) is 0 Å². The highest BCUT2D eigenvalue weighted by Crippen LogP contribution is 2.33. The monoisotopic (exact) mass is 531 g/mol. The fourth-order valence-corrected chi connectivity index (χ4v) is 4.62. The predicted octanol–water partition coefficient (Wildman–Crippen LogP) is 3.58. The van der Waals surface area contributed by atoms with Crippen LogP contribution < -0.4 is 9.47 Å². The molecule has 1 saturated heterocycles. The molecule has 10 heteroatoms. The average Bonchev–Trinajstić information content (AvgIpc) is 3.38. The molecule has 2 N–H and O–H groups in total. The molecule has 39 heavy (non-hydrogen) atoms. The molecule has 1 fully saturated rings. The first-order valence-corrected chi connectivity index (χ1v) is 13.0. The van der Waals surface area contributed by atoms with Crippen LogP contribution in [0.5, 0.6) is 17.2 Å². The zero-order chi connectivity index (χ0) is 27.2. The summed E-state index contributed by atoms with van der Waals surface area (Å²) < 4.78 is 17.5. The van der Waals surface area contributed by atoms with Gasteiger partial charge in [0.2, 0.25) is 0 Å². The van der Waals surface area contributed by atoms with E-state index in [1.54, 1.807) is 37.6 Å². The third-order valence-electron chi connectivity index (χ3n) is 6.56. The molecule has 1 amide bonds. The quantitative estimate of drug-likeness (QED) is 0.319. The lowest BCUT2D eigenvalue weighted by Crippen LogP contribution is -2.49. The minimum atomic E-state index is -0.161. The molecule has 1 aliphatic rings. The average molecular weight is 532 g/mol. The molecule has 0 saturated carbocycles. The van der Waals surface area contributed by atoms with Crippen LogP contribution in [-0.4, -0.2) is 94.9 Å². The summed E-state index contributed by atoms with van der Waals surface area (Å²) in [5.74, 6) is 2.43. The Balaban J connectivity index is 1.34. The highest BCUT2D eigenvalue weighted by Gasteiger charge is 2.22. The van der Waals surface area contributed by atoms with E-state index in [2.05, 4.69) is 19.9 Å². The summed E-state index contributed by atoms with van der Waals surface area (Å²) >= 11 is 0. The second-order valence-corrected chi connectivity index (χ2v) is 9.52. The molecule has 0 spiro atoms. The molecule has 1 aliphatic heterocycles. The van der Waals surface area contributed by atoms with Gasteiger partial charge in [0.25, 0.3) is 5.91 Å². The Kier molecular flexibility index (Phi) is 8.36. The third kappa shape index (κ3) is 6.54. The number of amides is 1. The van der Waals surface area contributed by atoms with E-state index in [9.17, 15) is 4.79 Å². The van der Waals surface area contributed by atoms with Crippen molar-refractivity contribution in [1.82, 2.24) is 24.8 Å². The lowest BCUT2D eigenvalue weighted by molar-refractivity contribution is 0.0615. The minimum Gasteiger partial charge on any atom is -0.488 e. The molecule has 0 radical (unpaired) electrons. The summed E-state index contributed by atoms with van der Waals surface area (Å²) in [6, 6.07) is 16.5. The number of rotatable bonds is 10. The Morgan fingerprint density at radius 2 is 1.82 bits per heavy atom. The van der Waals surface area contributed by atoms with Crippen LogP contribution in [0.1, 0.15) is 17.3 Å². The van der Waals surface area contributed by atoms with Crippen molar-refractivity contribution in [3.8, 4) is 28.6 Å². The maximum Gasteiger partial charge on any atom is 0.253 e. The van der Waals surface area contributed by atoms with Gasteiger partial charge in [0.05, 0.1) is 18.7 Å². The number of hydrogen-bond donors (Lipinski definition) is 2. The number of imidazole rings is 1. The molecule has 0 bridgehead atoms. The van der Waals surface area contributed by atoms with Crippen molar-refractivity contribution in [3.63, 3.8) is 0 Å². The topological polar surface area (TPSA) is 113 Å². The molecule has 3 heterocycles. The number of pyridine rings is 1. The first-order chi connectivity index (χ1) is 19.0. The van der Waals surface area contributed by atoms with Gasteiger partial charge >= 0.3 is 0 Å². The number of fused-ring (bicyclic) bond motifs is 1. The van der Waals surface area contributed by atoms with E-state index >= 15 is 0 Å². The van der Waals surface area contributed by atoms with Crippen molar-refractivity contribution >= 4 is 17.1 Å². The van der Waals surface area contributed by atoms with Crippen LogP contribution in [0.3, 0.4) is 0 Å². The summed E-state index contributed by atoms with van der Waals surface area (Å²) in [7, 11) is 1.64. The number of methoxy groups -OCH3 is 1. The van der Waals surface area contributed by atoms with Gasteiger partial charge in [0.1, 0.15) is 29.2 Å². The van der Waals surface area contributed by atoms with Crippen molar-refractivity contribution in [2.45, 2.75) is 13.0 Å². The molecule has 0 aliphatic carbocycles. The standard InChI is InChI=1S/C29H33N5O5/c1-20(19-37-2)38-24-16-22(27-31-26-4-3-9-30-28(26)32-27)17-25(18-24)39-23-7-5-21(6-8-23)29(36)34-12-10-33(11-13-34)14-15-35/h3-9,16-18,20,35H,10-15,19H2,1-2H3,(H,30,31,32). The molecule has 2 aromatic heterocycles. The highest BCUT2D eigenvalue weighted by molar-refractivity contribution is 5.94. The van der Waals surface area contributed by atoms with E-state index in [0.717, 1.165) is 24.2 Å². The first-order valence-electron chi connectivity index (χ1n) is 13.0. The number of nitrogens with zero attached hydrogens (tertiary/aromatic N) is 4. The molecular formula is C29H33N5O5. The summed E-state index contributed by atoms with van der Waals surface area (Å²) in [5, 5.41) is 9.13. The molecular weight excluding hydrogens is 498 g/mol. The Morgan fingerprint density at radius 3 is 2.54 bits per heavy atom. The molecule has 1 unspecified atom stereocenters. The largest absolute Gasteiger partial charge is 0.488 e. The smallest absolute Gasteiger partial charge is 0.253 e. The van der Waals surface area contributed by atoms with E-state index in [1.807, 2.05) is 42.2 Å². The Morgan fingerprint density at radius 1 is 1.05 bits per heavy atom.